The third kappa shape index (κ3) is 3.94. The van der Waals surface area contributed by atoms with Crippen LogP contribution in [0.25, 0.3) is 0 Å². The van der Waals surface area contributed by atoms with E-state index in [1.807, 2.05) is 39.0 Å². The molecule has 1 N–H and O–H groups in total. The van der Waals surface area contributed by atoms with E-state index in [1.54, 1.807) is 6.07 Å². The van der Waals surface area contributed by atoms with Gasteiger partial charge in [0.2, 0.25) is 5.76 Å². The fourth-order valence-electron chi connectivity index (χ4n) is 3.24. The number of hydrogen-bond acceptors (Lipinski definition) is 5. The second kappa shape index (κ2) is 8.20. The number of benzene rings is 1. The van der Waals surface area contributed by atoms with Gasteiger partial charge in [0.15, 0.2) is 0 Å². The van der Waals surface area contributed by atoms with Crippen molar-refractivity contribution in [3.05, 3.63) is 58.0 Å². The highest BCUT2D eigenvalue weighted by molar-refractivity contribution is 6.06. The molecule has 1 aliphatic carbocycles. The van der Waals surface area contributed by atoms with Crippen LogP contribution in [0.4, 0.5) is 0 Å². The summed E-state index contributed by atoms with van der Waals surface area (Å²) >= 11 is 0. The Balaban J connectivity index is 1.84. The lowest BCUT2D eigenvalue weighted by Crippen LogP contribution is -2.22. The van der Waals surface area contributed by atoms with Crippen LogP contribution in [0.3, 0.4) is 0 Å². The maximum atomic E-state index is 12.4. The lowest BCUT2D eigenvalue weighted by molar-refractivity contribution is 0.0465. The molecule has 0 fully saturated rings. The second-order valence-corrected chi connectivity index (χ2v) is 6.66. The Kier molecular flexibility index (Phi) is 5.74. The predicted molar refractivity (Wildman–Crippen MR) is 102 cm³/mol. The Bertz CT molecular complexity index is 896. The standard InChI is InChI=1S/C21H24N2O4/c1-4-12-26-21(25)19-14(3)18-16(10-7-11-17(18)27-19)22-23-20(24)15-9-6-5-8-13(15)2/h5-6,8-9H,4,7,10-12H2,1-3H3,(H,23,24)/b22-16+. The molecule has 2 aromatic rings. The lowest BCUT2D eigenvalue weighted by Gasteiger charge is -2.13. The molecule has 1 aliphatic rings. The maximum Gasteiger partial charge on any atom is 0.374 e. The van der Waals surface area contributed by atoms with E-state index in [9.17, 15) is 9.59 Å². The molecule has 6 heteroatoms. The molecule has 1 amide bonds. The van der Waals surface area contributed by atoms with Crippen LogP contribution in [0.1, 0.15) is 69.5 Å². The monoisotopic (exact) mass is 368 g/mol. The summed E-state index contributed by atoms with van der Waals surface area (Å²) < 4.78 is 11.0. The summed E-state index contributed by atoms with van der Waals surface area (Å²) in [5, 5.41) is 4.34. The maximum absolute atomic E-state index is 12.4. The van der Waals surface area contributed by atoms with Gasteiger partial charge in [-0.3, -0.25) is 4.79 Å². The molecular weight excluding hydrogens is 344 g/mol. The highest BCUT2D eigenvalue weighted by atomic mass is 16.5. The van der Waals surface area contributed by atoms with Gasteiger partial charge in [-0.25, -0.2) is 10.2 Å². The van der Waals surface area contributed by atoms with Crippen LogP contribution in [0.15, 0.2) is 33.8 Å². The number of hydrogen-bond donors (Lipinski definition) is 1. The molecule has 0 saturated heterocycles. The van der Waals surface area contributed by atoms with E-state index < -0.39 is 5.97 Å². The number of carbonyl (C=O) groups excluding carboxylic acids is 2. The molecule has 0 saturated carbocycles. The molecule has 1 aromatic heterocycles. The summed E-state index contributed by atoms with van der Waals surface area (Å²) in [7, 11) is 0. The molecule has 0 bridgehead atoms. The number of ether oxygens (including phenoxy) is 1. The minimum Gasteiger partial charge on any atom is -0.460 e. The largest absolute Gasteiger partial charge is 0.460 e. The number of rotatable bonds is 5. The zero-order valence-electron chi connectivity index (χ0n) is 15.9. The summed E-state index contributed by atoms with van der Waals surface area (Å²) in [4.78, 5) is 24.6. The first-order valence-electron chi connectivity index (χ1n) is 9.25. The van der Waals surface area contributed by atoms with E-state index in [1.165, 1.54) is 0 Å². The molecule has 0 radical (unpaired) electrons. The fourth-order valence-corrected chi connectivity index (χ4v) is 3.24. The van der Waals surface area contributed by atoms with Gasteiger partial charge in [0.25, 0.3) is 5.91 Å². The topological polar surface area (TPSA) is 80.9 Å². The fraction of sp³-hybridized carbons (Fsp3) is 0.381. The van der Waals surface area contributed by atoms with E-state index in [4.69, 9.17) is 9.15 Å². The van der Waals surface area contributed by atoms with E-state index >= 15 is 0 Å². The van der Waals surface area contributed by atoms with Crippen LogP contribution < -0.4 is 5.43 Å². The molecule has 0 aliphatic heterocycles. The van der Waals surface area contributed by atoms with Crippen molar-refractivity contribution in [2.75, 3.05) is 6.61 Å². The Labute approximate surface area is 158 Å². The minimum atomic E-state index is -0.452. The van der Waals surface area contributed by atoms with Gasteiger partial charge in [-0.05, 0) is 44.7 Å². The van der Waals surface area contributed by atoms with E-state index in [-0.39, 0.29) is 11.7 Å². The van der Waals surface area contributed by atoms with Crippen molar-refractivity contribution in [2.45, 2.75) is 46.5 Å². The Morgan fingerprint density at radius 1 is 1.22 bits per heavy atom. The number of carbonyl (C=O) groups is 2. The highest BCUT2D eigenvalue weighted by Gasteiger charge is 2.28. The van der Waals surface area contributed by atoms with Gasteiger partial charge in [-0.15, -0.1) is 0 Å². The van der Waals surface area contributed by atoms with E-state index in [0.29, 0.717) is 18.6 Å². The Morgan fingerprint density at radius 3 is 2.74 bits per heavy atom. The van der Waals surface area contributed by atoms with Crippen LogP contribution in [0.2, 0.25) is 0 Å². The molecule has 142 valence electrons. The average Bonchev–Trinajstić information content (AvgIpc) is 3.02. The number of nitrogens with one attached hydrogen (secondary N) is 1. The molecule has 0 atom stereocenters. The number of nitrogens with zero attached hydrogens (tertiary/aromatic N) is 1. The smallest absolute Gasteiger partial charge is 0.374 e. The summed E-state index contributed by atoms with van der Waals surface area (Å²) in [6.45, 7) is 6.01. The summed E-state index contributed by atoms with van der Waals surface area (Å²) in [6, 6.07) is 7.36. The van der Waals surface area contributed by atoms with Gasteiger partial charge in [-0.2, -0.15) is 5.10 Å². The quantitative estimate of drug-likeness (QED) is 0.640. The van der Waals surface area contributed by atoms with Crippen LogP contribution >= 0.6 is 0 Å². The second-order valence-electron chi connectivity index (χ2n) is 6.66. The average molecular weight is 368 g/mol. The zero-order chi connectivity index (χ0) is 19.4. The van der Waals surface area contributed by atoms with Crippen molar-refractivity contribution >= 4 is 17.6 Å². The number of fused-ring (bicyclic) bond motifs is 1. The normalized spacial score (nSPS) is 14.7. The van der Waals surface area contributed by atoms with Crippen LogP contribution in [-0.2, 0) is 11.2 Å². The summed E-state index contributed by atoms with van der Waals surface area (Å²) in [5.41, 5.74) is 6.38. The summed E-state index contributed by atoms with van der Waals surface area (Å²) in [5.74, 6) is 0.253. The van der Waals surface area contributed by atoms with Gasteiger partial charge in [0.1, 0.15) is 5.76 Å². The number of amides is 1. The van der Waals surface area contributed by atoms with Gasteiger partial charge >= 0.3 is 5.97 Å². The van der Waals surface area contributed by atoms with Crippen molar-refractivity contribution in [1.82, 2.24) is 5.43 Å². The number of esters is 1. The minimum absolute atomic E-state index is 0.230. The van der Waals surface area contributed by atoms with Crippen LogP contribution in [0.5, 0.6) is 0 Å². The molecule has 1 aromatic carbocycles. The molecular formula is C21H24N2O4. The zero-order valence-corrected chi connectivity index (χ0v) is 15.9. The van der Waals surface area contributed by atoms with E-state index in [2.05, 4.69) is 10.5 Å². The van der Waals surface area contributed by atoms with Crippen LogP contribution in [0, 0.1) is 13.8 Å². The van der Waals surface area contributed by atoms with Crippen molar-refractivity contribution < 1.29 is 18.7 Å². The first-order valence-corrected chi connectivity index (χ1v) is 9.25. The molecule has 3 rings (SSSR count). The van der Waals surface area contributed by atoms with E-state index in [0.717, 1.165) is 47.4 Å². The lowest BCUT2D eigenvalue weighted by atomic mass is 9.93. The number of aryl methyl sites for hydroxylation is 2. The van der Waals surface area contributed by atoms with Crippen LogP contribution in [-0.4, -0.2) is 24.2 Å². The molecule has 27 heavy (non-hydrogen) atoms. The van der Waals surface area contributed by atoms with Gasteiger partial charge in [-0.1, -0.05) is 25.1 Å². The SMILES string of the molecule is CCCOC(=O)c1oc2c(c1C)/C(=N/NC(=O)c1ccccc1C)CCC2. The summed E-state index contributed by atoms with van der Waals surface area (Å²) in [6.07, 6.45) is 3.05. The molecule has 6 nitrogen and oxygen atoms in total. The van der Waals surface area contributed by atoms with Gasteiger partial charge in [0.05, 0.1) is 12.3 Å². The van der Waals surface area contributed by atoms with Gasteiger partial charge in [0, 0.05) is 23.1 Å². The third-order valence-corrected chi connectivity index (χ3v) is 4.63. The van der Waals surface area contributed by atoms with Gasteiger partial charge < -0.3 is 9.15 Å². The third-order valence-electron chi connectivity index (χ3n) is 4.63. The Hall–Kier alpha value is -2.89. The highest BCUT2D eigenvalue weighted by Crippen LogP contribution is 2.30. The molecule has 1 heterocycles. The predicted octanol–water partition coefficient (Wildman–Crippen LogP) is 3.93. The first kappa shape index (κ1) is 18.9. The Morgan fingerprint density at radius 2 is 2.00 bits per heavy atom. The molecule has 0 spiro atoms. The van der Waals surface area contributed by atoms with Crippen molar-refractivity contribution in [1.29, 1.82) is 0 Å². The van der Waals surface area contributed by atoms with Crippen molar-refractivity contribution in [3.63, 3.8) is 0 Å². The van der Waals surface area contributed by atoms with Crippen molar-refractivity contribution in [2.24, 2.45) is 5.10 Å². The molecule has 0 unspecified atom stereocenters. The number of hydrazone groups is 1. The number of furan rings is 1. The van der Waals surface area contributed by atoms with Crippen molar-refractivity contribution in [3.8, 4) is 0 Å². The first-order chi connectivity index (χ1) is 13.0.